The highest BCUT2D eigenvalue weighted by Crippen LogP contribution is 2.21. The van der Waals surface area contributed by atoms with E-state index in [2.05, 4.69) is 5.16 Å². The molecule has 0 fully saturated rings. The van der Waals surface area contributed by atoms with Crippen LogP contribution in [-0.2, 0) is 0 Å². The maximum Gasteiger partial charge on any atom is 0.176 e. The molecular formula is C7H6F2N2O2. The molecule has 0 saturated heterocycles. The summed E-state index contributed by atoms with van der Waals surface area (Å²) in [6.07, 6.45) is 0. The fourth-order valence-corrected chi connectivity index (χ4v) is 0.834. The summed E-state index contributed by atoms with van der Waals surface area (Å²) in [6, 6.07) is 1.64. The van der Waals surface area contributed by atoms with Crippen LogP contribution in [0.5, 0.6) is 5.75 Å². The normalized spacial score (nSPS) is 11.7. The molecule has 0 atom stereocenters. The molecule has 0 aliphatic rings. The topological polar surface area (TPSA) is 78.8 Å². The highest BCUT2D eigenvalue weighted by Gasteiger charge is 2.16. The van der Waals surface area contributed by atoms with Crippen molar-refractivity contribution in [3.63, 3.8) is 0 Å². The molecule has 1 rings (SSSR count). The molecule has 0 unspecified atom stereocenters. The minimum Gasteiger partial charge on any atom is -0.507 e. The molecule has 0 saturated carbocycles. The quantitative estimate of drug-likeness (QED) is 0.263. The molecule has 0 bridgehead atoms. The van der Waals surface area contributed by atoms with Crippen molar-refractivity contribution in [2.75, 3.05) is 0 Å². The highest BCUT2D eigenvalue weighted by atomic mass is 19.2. The van der Waals surface area contributed by atoms with Crippen molar-refractivity contribution in [1.29, 1.82) is 0 Å². The standard InChI is InChI=1S/C7H6F2N2O2/c8-3-1-2-4(12)5(6(3)9)7(10)11-13/h1-2,12-13H,(H2,10,11). The van der Waals surface area contributed by atoms with Gasteiger partial charge in [-0.2, -0.15) is 0 Å². The highest BCUT2D eigenvalue weighted by molar-refractivity contribution is 5.99. The van der Waals surface area contributed by atoms with Crippen molar-refractivity contribution >= 4 is 5.84 Å². The molecule has 70 valence electrons. The van der Waals surface area contributed by atoms with E-state index in [-0.39, 0.29) is 0 Å². The molecule has 0 heterocycles. The first-order valence-corrected chi connectivity index (χ1v) is 3.22. The summed E-state index contributed by atoms with van der Waals surface area (Å²) in [7, 11) is 0. The van der Waals surface area contributed by atoms with Crippen LogP contribution >= 0.6 is 0 Å². The van der Waals surface area contributed by atoms with Gasteiger partial charge < -0.3 is 16.0 Å². The van der Waals surface area contributed by atoms with Gasteiger partial charge >= 0.3 is 0 Å². The zero-order chi connectivity index (χ0) is 10.0. The van der Waals surface area contributed by atoms with Gasteiger partial charge in [0.1, 0.15) is 11.3 Å². The predicted octanol–water partition coefficient (Wildman–Crippen LogP) is 0.765. The first-order valence-electron chi connectivity index (χ1n) is 3.22. The SMILES string of the molecule is N/C(=N/O)c1c(O)ccc(F)c1F. The third-order valence-corrected chi connectivity index (χ3v) is 1.44. The van der Waals surface area contributed by atoms with Crippen LogP contribution < -0.4 is 5.73 Å². The average Bonchev–Trinajstić information content (AvgIpc) is 2.12. The predicted molar refractivity (Wildman–Crippen MR) is 40.5 cm³/mol. The Morgan fingerprint density at radius 2 is 2.00 bits per heavy atom. The summed E-state index contributed by atoms with van der Waals surface area (Å²) in [6.45, 7) is 0. The van der Waals surface area contributed by atoms with Gasteiger partial charge in [0.15, 0.2) is 17.5 Å². The van der Waals surface area contributed by atoms with Crippen LogP contribution in [0.1, 0.15) is 5.56 Å². The minimum absolute atomic E-state index is 0.589. The Balaban J connectivity index is 3.42. The van der Waals surface area contributed by atoms with E-state index >= 15 is 0 Å². The first kappa shape index (κ1) is 9.24. The second kappa shape index (κ2) is 3.26. The van der Waals surface area contributed by atoms with E-state index in [4.69, 9.17) is 16.0 Å². The summed E-state index contributed by atoms with van der Waals surface area (Å²) in [4.78, 5) is 0. The number of nitrogens with zero attached hydrogens (tertiary/aromatic N) is 1. The zero-order valence-corrected chi connectivity index (χ0v) is 6.33. The van der Waals surface area contributed by atoms with Crippen LogP contribution in [-0.4, -0.2) is 16.1 Å². The second-order valence-electron chi connectivity index (χ2n) is 2.24. The summed E-state index contributed by atoms with van der Waals surface area (Å²) in [5, 5.41) is 19.7. The van der Waals surface area contributed by atoms with E-state index in [0.29, 0.717) is 0 Å². The number of benzene rings is 1. The molecule has 1 aromatic rings. The van der Waals surface area contributed by atoms with Gasteiger partial charge in [0.2, 0.25) is 0 Å². The van der Waals surface area contributed by atoms with Crippen LogP contribution in [0.3, 0.4) is 0 Å². The first-order chi connectivity index (χ1) is 6.07. The monoisotopic (exact) mass is 188 g/mol. The van der Waals surface area contributed by atoms with E-state index in [9.17, 15) is 8.78 Å². The number of nitrogens with two attached hydrogens (primary N) is 1. The van der Waals surface area contributed by atoms with Crippen molar-refractivity contribution in [1.82, 2.24) is 0 Å². The molecule has 4 nitrogen and oxygen atoms in total. The summed E-state index contributed by atoms with van der Waals surface area (Å²) in [5.74, 6) is -3.81. The molecule has 0 aromatic heterocycles. The van der Waals surface area contributed by atoms with Gasteiger partial charge in [-0.1, -0.05) is 5.16 Å². The molecule has 0 amide bonds. The molecule has 0 aliphatic heterocycles. The van der Waals surface area contributed by atoms with Crippen LogP contribution in [0.25, 0.3) is 0 Å². The number of hydrogen-bond donors (Lipinski definition) is 3. The van der Waals surface area contributed by atoms with Crippen molar-refractivity contribution in [2.45, 2.75) is 0 Å². The van der Waals surface area contributed by atoms with Gasteiger partial charge in [-0.15, -0.1) is 0 Å². The fourth-order valence-electron chi connectivity index (χ4n) is 0.834. The number of oxime groups is 1. The average molecular weight is 188 g/mol. The fraction of sp³-hybridized carbons (Fsp3) is 0. The molecule has 0 aliphatic carbocycles. The van der Waals surface area contributed by atoms with Crippen LogP contribution in [0.2, 0.25) is 0 Å². The second-order valence-corrected chi connectivity index (χ2v) is 2.24. The van der Waals surface area contributed by atoms with E-state index in [1.165, 1.54) is 0 Å². The number of rotatable bonds is 1. The van der Waals surface area contributed by atoms with Crippen LogP contribution in [0.15, 0.2) is 17.3 Å². The molecule has 1 aromatic carbocycles. The van der Waals surface area contributed by atoms with Crippen molar-refractivity contribution in [3.05, 3.63) is 29.3 Å². The largest absolute Gasteiger partial charge is 0.507 e. The van der Waals surface area contributed by atoms with E-state index in [1.54, 1.807) is 0 Å². The van der Waals surface area contributed by atoms with Gasteiger partial charge in [0.05, 0.1) is 0 Å². The number of phenolic OH excluding ortho intramolecular Hbond substituents is 1. The van der Waals surface area contributed by atoms with Gasteiger partial charge in [0.25, 0.3) is 0 Å². The van der Waals surface area contributed by atoms with E-state index < -0.39 is 28.8 Å². The van der Waals surface area contributed by atoms with E-state index in [1.807, 2.05) is 0 Å². The summed E-state index contributed by atoms with van der Waals surface area (Å²) in [5.41, 5.74) is 4.35. The number of halogens is 2. The molecule has 13 heavy (non-hydrogen) atoms. The Hall–Kier alpha value is -1.85. The lowest BCUT2D eigenvalue weighted by Gasteiger charge is -2.03. The van der Waals surface area contributed by atoms with Crippen LogP contribution in [0, 0.1) is 11.6 Å². The molecule has 0 spiro atoms. The Morgan fingerprint density at radius 1 is 1.38 bits per heavy atom. The Kier molecular flexibility index (Phi) is 2.32. The Bertz CT molecular complexity index is 366. The number of aromatic hydroxyl groups is 1. The van der Waals surface area contributed by atoms with Gasteiger partial charge in [0, 0.05) is 0 Å². The maximum atomic E-state index is 12.9. The van der Waals surface area contributed by atoms with Gasteiger partial charge in [-0.05, 0) is 12.1 Å². The number of phenols is 1. The lowest BCUT2D eigenvalue weighted by atomic mass is 10.1. The van der Waals surface area contributed by atoms with Gasteiger partial charge in [-0.3, -0.25) is 0 Å². The maximum absolute atomic E-state index is 12.9. The van der Waals surface area contributed by atoms with Gasteiger partial charge in [-0.25, -0.2) is 8.78 Å². The molecular weight excluding hydrogens is 182 g/mol. The molecule has 0 radical (unpaired) electrons. The lowest BCUT2D eigenvalue weighted by Crippen LogP contribution is -2.16. The summed E-state index contributed by atoms with van der Waals surface area (Å²) < 4.78 is 25.5. The van der Waals surface area contributed by atoms with Crippen LogP contribution in [0.4, 0.5) is 8.78 Å². The molecule has 6 heteroatoms. The third-order valence-electron chi connectivity index (χ3n) is 1.44. The Morgan fingerprint density at radius 3 is 2.54 bits per heavy atom. The molecule has 4 N–H and O–H groups in total. The number of amidine groups is 1. The third kappa shape index (κ3) is 1.51. The van der Waals surface area contributed by atoms with Crippen molar-refractivity contribution < 1.29 is 19.1 Å². The van der Waals surface area contributed by atoms with E-state index in [0.717, 1.165) is 12.1 Å². The van der Waals surface area contributed by atoms with Crippen molar-refractivity contribution in [2.24, 2.45) is 10.9 Å². The smallest absolute Gasteiger partial charge is 0.176 e. The Labute approximate surface area is 71.9 Å². The number of hydrogen-bond acceptors (Lipinski definition) is 3. The van der Waals surface area contributed by atoms with Crippen molar-refractivity contribution in [3.8, 4) is 5.75 Å². The minimum atomic E-state index is -1.35. The lowest BCUT2D eigenvalue weighted by molar-refractivity contribution is 0.318. The summed E-state index contributed by atoms with van der Waals surface area (Å²) >= 11 is 0. The zero-order valence-electron chi connectivity index (χ0n) is 6.33.